The number of ether oxygens (including phenoxy) is 1. The normalized spacial score (nSPS) is 14.2. The Morgan fingerprint density at radius 1 is 1.14 bits per heavy atom. The molecule has 1 aliphatic carbocycles. The fourth-order valence-electron chi connectivity index (χ4n) is 2.11. The van der Waals surface area contributed by atoms with Crippen LogP contribution in [0, 0.1) is 5.82 Å². The van der Waals surface area contributed by atoms with Crippen LogP contribution in [0.3, 0.4) is 0 Å². The van der Waals surface area contributed by atoms with Crippen LogP contribution in [0.2, 0.25) is 5.02 Å². The molecule has 1 fully saturated rings. The highest BCUT2D eigenvalue weighted by Crippen LogP contribution is 2.22. The van der Waals surface area contributed by atoms with E-state index >= 15 is 0 Å². The molecule has 21 heavy (non-hydrogen) atoms. The quantitative estimate of drug-likeness (QED) is 0.858. The molecule has 1 saturated carbocycles. The second kappa shape index (κ2) is 6.46. The Labute approximate surface area is 128 Å². The fraction of sp³-hybridized carbons (Fsp3) is 0.294. The minimum Gasteiger partial charge on any atom is -0.489 e. The van der Waals surface area contributed by atoms with Gasteiger partial charge in [-0.3, -0.25) is 0 Å². The molecule has 0 radical (unpaired) electrons. The molecule has 110 valence electrons. The molecule has 0 aliphatic heterocycles. The molecule has 2 aromatic carbocycles. The molecule has 3 rings (SSSR count). The summed E-state index contributed by atoms with van der Waals surface area (Å²) in [5, 5.41) is 3.59. The summed E-state index contributed by atoms with van der Waals surface area (Å²) in [4.78, 5) is 0. The molecule has 2 nitrogen and oxygen atoms in total. The lowest BCUT2D eigenvalue weighted by Crippen LogP contribution is -2.15. The standard InChI is InChI=1S/C17H17ClFNO/c18-16-7-6-15(9-17(16)19)21-11-13-3-1-2-12(8-13)10-20-14-4-5-14/h1-3,6-9,14,20H,4-5,10-11H2. The van der Waals surface area contributed by atoms with E-state index in [2.05, 4.69) is 17.4 Å². The van der Waals surface area contributed by atoms with Crippen LogP contribution in [0.15, 0.2) is 42.5 Å². The summed E-state index contributed by atoms with van der Waals surface area (Å²) in [5.41, 5.74) is 2.31. The van der Waals surface area contributed by atoms with Crippen molar-refractivity contribution in [2.24, 2.45) is 0 Å². The SMILES string of the molecule is Fc1cc(OCc2cccc(CNC3CC3)c2)ccc1Cl. The zero-order valence-corrected chi connectivity index (χ0v) is 12.4. The van der Waals surface area contributed by atoms with Crippen molar-refractivity contribution in [1.82, 2.24) is 5.32 Å². The minimum atomic E-state index is -0.462. The van der Waals surface area contributed by atoms with Crippen molar-refractivity contribution in [3.63, 3.8) is 0 Å². The fourth-order valence-corrected chi connectivity index (χ4v) is 2.23. The lowest BCUT2D eigenvalue weighted by molar-refractivity contribution is 0.304. The zero-order valence-electron chi connectivity index (χ0n) is 11.6. The second-order valence-electron chi connectivity index (χ2n) is 5.34. The van der Waals surface area contributed by atoms with Crippen LogP contribution >= 0.6 is 11.6 Å². The monoisotopic (exact) mass is 305 g/mol. The van der Waals surface area contributed by atoms with Crippen molar-refractivity contribution in [2.45, 2.75) is 32.0 Å². The maximum absolute atomic E-state index is 13.3. The van der Waals surface area contributed by atoms with Gasteiger partial charge >= 0.3 is 0 Å². The molecule has 0 saturated heterocycles. The summed E-state index contributed by atoms with van der Waals surface area (Å²) in [6, 6.07) is 13.4. The van der Waals surface area contributed by atoms with Crippen LogP contribution in [0.5, 0.6) is 5.75 Å². The van der Waals surface area contributed by atoms with E-state index in [1.807, 2.05) is 12.1 Å². The number of halogens is 2. The third kappa shape index (κ3) is 4.19. The van der Waals surface area contributed by atoms with Crippen molar-refractivity contribution < 1.29 is 9.13 Å². The number of benzene rings is 2. The van der Waals surface area contributed by atoms with E-state index in [-0.39, 0.29) is 5.02 Å². The predicted molar refractivity (Wildman–Crippen MR) is 82.0 cm³/mol. The van der Waals surface area contributed by atoms with Gasteiger partial charge < -0.3 is 10.1 Å². The molecule has 4 heteroatoms. The first-order valence-electron chi connectivity index (χ1n) is 7.10. The van der Waals surface area contributed by atoms with Gasteiger partial charge in [-0.2, -0.15) is 0 Å². The van der Waals surface area contributed by atoms with Gasteiger partial charge in [-0.1, -0.05) is 35.9 Å². The molecule has 0 amide bonds. The smallest absolute Gasteiger partial charge is 0.145 e. The molecular formula is C17H17ClFNO. The summed E-state index contributed by atoms with van der Waals surface area (Å²) in [6.45, 7) is 1.30. The van der Waals surface area contributed by atoms with Gasteiger partial charge in [0, 0.05) is 18.7 Å². The molecule has 0 bridgehead atoms. The van der Waals surface area contributed by atoms with Gasteiger partial charge in [0.2, 0.25) is 0 Å². The predicted octanol–water partition coefficient (Wildman–Crippen LogP) is 4.31. The topological polar surface area (TPSA) is 21.3 Å². The van der Waals surface area contributed by atoms with E-state index in [0.717, 1.165) is 12.1 Å². The summed E-state index contributed by atoms with van der Waals surface area (Å²) < 4.78 is 18.9. The Balaban J connectivity index is 1.58. The zero-order chi connectivity index (χ0) is 14.7. The van der Waals surface area contributed by atoms with Crippen molar-refractivity contribution >= 4 is 11.6 Å². The number of hydrogen-bond donors (Lipinski definition) is 1. The highest BCUT2D eigenvalue weighted by atomic mass is 35.5. The molecule has 0 aromatic heterocycles. The van der Waals surface area contributed by atoms with Crippen LogP contribution in [0.4, 0.5) is 4.39 Å². The van der Waals surface area contributed by atoms with E-state index in [0.29, 0.717) is 18.4 Å². The largest absolute Gasteiger partial charge is 0.489 e. The Morgan fingerprint density at radius 3 is 2.71 bits per heavy atom. The van der Waals surface area contributed by atoms with E-state index in [4.69, 9.17) is 16.3 Å². The van der Waals surface area contributed by atoms with Gasteiger partial charge in [0.25, 0.3) is 0 Å². The maximum Gasteiger partial charge on any atom is 0.145 e. The lowest BCUT2D eigenvalue weighted by Gasteiger charge is -2.09. The molecule has 0 unspecified atom stereocenters. The van der Waals surface area contributed by atoms with Gasteiger partial charge in [0.1, 0.15) is 18.2 Å². The third-order valence-electron chi connectivity index (χ3n) is 3.46. The number of hydrogen-bond acceptors (Lipinski definition) is 2. The minimum absolute atomic E-state index is 0.107. The second-order valence-corrected chi connectivity index (χ2v) is 5.75. The van der Waals surface area contributed by atoms with E-state index < -0.39 is 5.82 Å². The van der Waals surface area contributed by atoms with Crippen molar-refractivity contribution in [3.05, 3.63) is 64.4 Å². The summed E-state index contributed by atoms with van der Waals surface area (Å²) in [5.74, 6) is 0.0231. The lowest BCUT2D eigenvalue weighted by atomic mass is 10.1. The van der Waals surface area contributed by atoms with Crippen LogP contribution in [-0.4, -0.2) is 6.04 Å². The third-order valence-corrected chi connectivity index (χ3v) is 3.77. The molecule has 2 aromatic rings. The van der Waals surface area contributed by atoms with Crippen LogP contribution in [-0.2, 0) is 13.2 Å². The molecular weight excluding hydrogens is 289 g/mol. The van der Waals surface area contributed by atoms with Gasteiger partial charge in [-0.15, -0.1) is 0 Å². The molecule has 1 aliphatic rings. The van der Waals surface area contributed by atoms with Gasteiger partial charge in [0.15, 0.2) is 0 Å². The first kappa shape index (κ1) is 14.4. The summed E-state index contributed by atoms with van der Waals surface area (Å²) in [7, 11) is 0. The summed E-state index contributed by atoms with van der Waals surface area (Å²) >= 11 is 5.65. The average Bonchev–Trinajstić information content (AvgIpc) is 3.31. The van der Waals surface area contributed by atoms with E-state index in [9.17, 15) is 4.39 Å². The Bertz CT molecular complexity index is 628. The summed E-state index contributed by atoms with van der Waals surface area (Å²) in [6.07, 6.45) is 2.57. The van der Waals surface area contributed by atoms with Crippen molar-refractivity contribution in [3.8, 4) is 5.75 Å². The van der Waals surface area contributed by atoms with Gasteiger partial charge in [-0.25, -0.2) is 4.39 Å². The average molecular weight is 306 g/mol. The Hall–Kier alpha value is -1.58. The molecule has 0 spiro atoms. The molecule has 0 heterocycles. The van der Waals surface area contributed by atoms with E-state index in [1.165, 1.54) is 30.5 Å². The first-order valence-corrected chi connectivity index (χ1v) is 7.47. The number of rotatable bonds is 6. The van der Waals surface area contributed by atoms with E-state index in [1.54, 1.807) is 6.07 Å². The highest BCUT2D eigenvalue weighted by Gasteiger charge is 2.19. The molecule has 0 atom stereocenters. The van der Waals surface area contributed by atoms with Crippen LogP contribution in [0.25, 0.3) is 0 Å². The Kier molecular flexibility index (Phi) is 4.42. The van der Waals surface area contributed by atoms with Gasteiger partial charge in [0.05, 0.1) is 5.02 Å². The van der Waals surface area contributed by atoms with Crippen LogP contribution < -0.4 is 10.1 Å². The highest BCUT2D eigenvalue weighted by molar-refractivity contribution is 6.30. The molecule has 1 N–H and O–H groups in total. The van der Waals surface area contributed by atoms with Crippen molar-refractivity contribution in [2.75, 3.05) is 0 Å². The maximum atomic E-state index is 13.3. The first-order chi connectivity index (χ1) is 10.2. The van der Waals surface area contributed by atoms with Crippen molar-refractivity contribution in [1.29, 1.82) is 0 Å². The Morgan fingerprint density at radius 2 is 1.95 bits per heavy atom. The van der Waals surface area contributed by atoms with Gasteiger partial charge in [-0.05, 0) is 36.1 Å². The van der Waals surface area contributed by atoms with Crippen LogP contribution in [0.1, 0.15) is 24.0 Å². The number of nitrogens with one attached hydrogen (secondary N) is 1.